The summed E-state index contributed by atoms with van der Waals surface area (Å²) in [6, 6.07) is 0. The molecule has 1 aliphatic carbocycles. The van der Waals surface area contributed by atoms with Crippen LogP contribution < -0.4 is 0 Å². The number of hydrogen-bond acceptors (Lipinski definition) is 3. The summed E-state index contributed by atoms with van der Waals surface area (Å²) < 4.78 is 26.2. The van der Waals surface area contributed by atoms with Crippen LogP contribution in [0.3, 0.4) is 0 Å². The van der Waals surface area contributed by atoms with Gasteiger partial charge in [0.1, 0.15) is 0 Å². The summed E-state index contributed by atoms with van der Waals surface area (Å²) in [6.45, 7) is 1.12. The molecule has 1 heterocycles. The largest absolute Gasteiger partial charge is 0.481 e. The number of rotatable bonds is 7. The van der Waals surface area contributed by atoms with E-state index in [-0.39, 0.29) is 18.1 Å². The van der Waals surface area contributed by atoms with Gasteiger partial charge in [-0.05, 0) is 37.5 Å². The zero-order valence-electron chi connectivity index (χ0n) is 12.0. The van der Waals surface area contributed by atoms with Crippen LogP contribution in [-0.4, -0.2) is 42.6 Å². The van der Waals surface area contributed by atoms with Gasteiger partial charge in [-0.25, -0.2) is 12.7 Å². The molecule has 0 spiro atoms. The molecule has 1 saturated heterocycles. The van der Waals surface area contributed by atoms with Crippen molar-refractivity contribution in [2.45, 2.75) is 51.4 Å². The lowest BCUT2D eigenvalue weighted by Gasteiger charge is -2.33. The van der Waals surface area contributed by atoms with E-state index in [1.807, 2.05) is 0 Å². The maximum absolute atomic E-state index is 12.3. The number of carboxylic acids is 1. The number of hydrogen-bond donors (Lipinski definition) is 1. The summed E-state index contributed by atoms with van der Waals surface area (Å²) in [5.74, 6) is 0.286. The summed E-state index contributed by atoms with van der Waals surface area (Å²) >= 11 is 0. The second-order valence-corrected chi connectivity index (χ2v) is 8.29. The van der Waals surface area contributed by atoms with Crippen LogP contribution in [0.5, 0.6) is 0 Å². The highest BCUT2D eigenvalue weighted by molar-refractivity contribution is 7.89. The van der Waals surface area contributed by atoms with E-state index in [4.69, 9.17) is 5.11 Å². The predicted molar refractivity (Wildman–Crippen MR) is 76.9 cm³/mol. The predicted octanol–water partition coefficient (Wildman–Crippen LogP) is 2.08. The summed E-state index contributed by atoms with van der Waals surface area (Å²) in [4.78, 5) is 10.6. The van der Waals surface area contributed by atoms with Crippen molar-refractivity contribution in [2.75, 3.05) is 18.8 Å². The Morgan fingerprint density at radius 3 is 2.40 bits per heavy atom. The Balaban J connectivity index is 1.81. The molecule has 1 atom stereocenters. The van der Waals surface area contributed by atoms with Crippen molar-refractivity contribution in [3.63, 3.8) is 0 Å². The van der Waals surface area contributed by atoms with Crippen LogP contribution in [-0.2, 0) is 14.8 Å². The van der Waals surface area contributed by atoms with Crippen molar-refractivity contribution in [1.82, 2.24) is 4.31 Å². The summed E-state index contributed by atoms with van der Waals surface area (Å²) in [6.07, 6.45) is 6.91. The Labute approximate surface area is 121 Å². The average Bonchev–Trinajstić information content (AvgIpc) is 2.35. The maximum Gasteiger partial charge on any atom is 0.303 e. The molecule has 2 aliphatic rings. The van der Waals surface area contributed by atoms with Crippen molar-refractivity contribution in [1.29, 1.82) is 0 Å². The highest BCUT2D eigenvalue weighted by Crippen LogP contribution is 2.30. The normalized spacial score (nSPS) is 25.3. The van der Waals surface area contributed by atoms with Gasteiger partial charge in [0.05, 0.1) is 5.75 Å². The van der Waals surface area contributed by atoms with Gasteiger partial charge in [0.25, 0.3) is 0 Å². The number of carboxylic acid groups (broad SMARTS) is 1. The van der Waals surface area contributed by atoms with Crippen LogP contribution in [0.4, 0.5) is 0 Å². The van der Waals surface area contributed by atoms with E-state index in [0.29, 0.717) is 25.4 Å². The molecule has 0 aromatic carbocycles. The molecule has 1 saturated carbocycles. The third-order valence-electron chi connectivity index (χ3n) is 4.65. The molecule has 1 unspecified atom stereocenters. The Morgan fingerprint density at radius 2 is 1.80 bits per heavy atom. The third-order valence-corrected chi connectivity index (χ3v) is 6.52. The van der Waals surface area contributed by atoms with Gasteiger partial charge in [-0.2, -0.15) is 0 Å². The standard InChI is InChI=1S/C14H25NO4S/c16-14(17)7-6-13-5-2-9-15(11-13)20(18,19)10-8-12-3-1-4-12/h12-13H,1-11H2,(H,16,17). The van der Waals surface area contributed by atoms with E-state index in [1.165, 1.54) is 19.3 Å². The molecule has 20 heavy (non-hydrogen) atoms. The topological polar surface area (TPSA) is 74.7 Å². The van der Waals surface area contributed by atoms with Gasteiger partial charge in [0.2, 0.25) is 10.0 Å². The van der Waals surface area contributed by atoms with E-state index in [0.717, 1.165) is 19.3 Å². The van der Waals surface area contributed by atoms with Crippen molar-refractivity contribution in [3.05, 3.63) is 0 Å². The van der Waals surface area contributed by atoms with Crippen LogP contribution in [0.1, 0.15) is 51.4 Å². The smallest absolute Gasteiger partial charge is 0.303 e. The molecule has 116 valence electrons. The lowest BCUT2D eigenvalue weighted by atomic mass is 9.84. The molecule has 6 heteroatoms. The number of piperidine rings is 1. The summed E-state index contributed by atoms with van der Waals surface area (Å²) in [7, 11) is -3.14. The number of aliphatic carboxylic acids is 1. The fourth-order valence-electron chi connectivity index (χ4n) is 3.07. The zero-order valence-corrected chi connectivity index (χ0v) is 12.8. The molecule has 0 aromatic heterocycles. The monoisotopic (exact) mass is 303 g/mol. The molecule has 0 bridgehead atoms. The minimum atomic E-state index is -3.14. The number of nitrogens with zero attached hydrogens (tertiary/aromatic N) is 1. The first kappa shape index (κ1) is 15.8. The van der Waals surface area contributed by atoms with E-state index < -0.39 is 16.0 Å². The van der Waals surface area contributed by atoms with Crippen molar-refractivity contribution >= 4 is 16.0 Å². The summed E-state index contributed by atoms with van der Waals surface area (Å²) in [5.41, 5.74) is 0. The summed E-state index contributed by atoms with van der Waals surface area (Å²) in [5, 5.41) is 8.72. The lowest BCUT2D eigenvalue weighted by molar-refractivity contribution is -0.137. The molecule has 0 aromatic rings. The van der Waals surface area contributed by atoms with Crippen LogP contribution in [0.25, 0.3) is 0 Å². The van der Waals surface area contributed by atoms with E-state index in [9.17, 15) is 13.2 Å². The van der Waals surface area contributed by atoms with E-state index in [2.05, 4.69) is 0 Å². The second kappa shape index (κ2) is 6.89. The lowest BCUT2D eigenvalue weighted by Crippen LogP contribution is -2.41. The fourth-order valence-corrected chi connectivity index (χ4v) is 4.80. The number of carbonyl (C=O) groups is 1. The first-order valence-electron chi connectivity index (χ1n) is 7.67. The third kappa shape index (κ3) is 4.45. The van der Waals surface area contributed by atoms with Gasteiger partial charge >= 0.3 is 5.97 Å². The quantitative estimate of drug-likeness (QED) is 0.781. The van der Waals surface area contributed by atoms with Gasteiger partial charge in [0, 0.05) is 19.5 Å². The highest BCUT2D eigenvalue weighted by Gasteiger charge is 2.30. The maximum atomic E-state index is 12.3. The minimum absolute atomic E-state index is 0.140. The van der Waals surface area contributed by atoms with Crippen LogP contribution in [0.2, 0.25) is 0 Å². The number of sulfonamides is 1. The van der Waals surface area contributed by atoms with Crippen molar-refractivity contribution < 1.29 is 18.3 Å². The van der Waals surface area contributed by atoms with Crippen molar-refractivity contribution in [3.8, 4) is 0 Å². The molecule has 1 aliphatic heterocycles. The first-order valence-corrected chi connectivity index (χ1v) is 9.28. The minimum Gasteiger partial charge on any atom is -0.481 e. The van der Waals surface area contributed by atoms with Gasteiger partial charge in [-0.3, -0.25) is 4.79 Å². The van der Waals surface area contributed by atoms with Crippen molar-refractivity contribution in [2.24, 2.45) is 11.8 Å². The highest BCUT2D eigenvalue weighted by atomic mass is 32.2. The molecule has 2 fully saturated rings. The van der Waals surface area contributed by atoms with E-state index in [1.54, 1.807) is 4.31 Å². The molecule has 0 amide bonds. The second-order valence-electron chi connectivity index (χ2n) is 6.20. The fraction of sp³-hybridized carbons (Fsp3) is 0.929. The molecule has 5 nitrogen and oxygen atoms in total. The Morgan fingerprint density at radius 1 is 1.10 bits per heavy atom. The van der Waals surface area contributed by atoms with E-state index >= 15 is 0 Å². The molecule has 0 radical (unpaired) electrons. The molecular formula is C14H25NO4S. The SMILES string of the molecule is O=C(O)CCC1CCCN(S(=O)(=O)CCC2CCC2)C1. The van der Waals surface area contributed by atoms with Gasteiger partial charge in [-0.15, -0.1) is 0 Å². The van der Waals surface area contributed by atoms with Crippen LogP contribution >= 0.6 is 0 Å². The van der Waals surface area contributed by atoms with Gasteiger partial charge in [0.15, 0.2) is 0 Å². The molecule has 1 N–H and O–H groups in total. The zero-order chi connectivity index (χ0) is 14.6. The Bertz CT molecular complexity index is 430. The van der Waals surface area contributed by atoms with Crippen LogP contribution in [0, 0.1) is 11.8 Å². The van der Waals surface area contributed by atoms with Gasteiger partial charge < -0.3 is 5.11 Å². The Hall–Kier alpha value is -0.620. The Kier molecular flexibility index (Phi) is 5.43. The average molecular weight is 303 g/mol. The van der Waals surface area contributed by atoms with Crippen LogP contribution in [0.15, 0.2) is 0 Å². The molecule has 2 rings (SSSR count). The van der Waals surface area contributed by atoms with Gasteiger partial charge in [-0.1, -0.05) is 19.3 Å². The molecular weight excluding hydrogens is 278 g/mol. The first-order chi connectivity index (χ1) is 9.47.